The molecule has 0 fully saturated rings. The van der Waals surface area contributed by atoms with Crippen molar-refractivity contribution in [3.63, 3.8) is 0 Å². The van der Waals surface area contributed by atoms with E-state index in [0.717, 1.165) is 5.70 Å². The monoisotopic (exact) mass is 366 g/mol. The number of carboxylic acid groups (broad SMARTS) is 1. The highest BCUT2D eigenvalue weighted by atomic mass is 32.2. The molecule has 0 aliphatic carbocycles. The molecule has 2 rings (SSSR count). The Morgan fingerprint density at radius 3 is 2.56 bits per heavy atom. The summed E-state index contributed by atoms with van der Waals surface area (Å²) in [4.78, 5) is 34.0. The number of rotatable bonds is 8. The summed E-state index contributed by atoms with van der Waals surface area (Å²) >= 11 is 1.59. The smallest absolute Gasteiger partial charge is 0.336 e. The van der Waals surface area contributed by atoms with E-state index in [1.165, 1.54) is 7.11 Å². The second-order valence-electron chi connectivity index (χ2n) is 5.05. The van der Waals surface area contributed by atoms with Crippen LogP contribution in [-0.4, -0.2) is 54.8 Å². The third-order valence-electron chi connectivity index (χ3n) is 3.23. The van der Waals surface area contributed by atoms with Gasteiger partial charge in [-0.15, -0.1) is 0 Å². The highest BCUT2D eigenvalue weighted by molar-refractivity contribution is 8.00. The molecule has 0 bridgehead atoms. The Balaban J connectivity index is 2.06. The maximum atomic E-state index is 11.9. The lowest BCUT2D eigenvalue weighted by Gasteiger charge is -2.14. The van der Waals surface area contributed by atoms with Gasteiger partial charge in [-0.05, 0) is 12.1 Å². The molecule has 0 radical (unpaired) electrons. The molecule has 1 aromatic rings. The second kappa shape index (κ2) is 9.09. The Morgan fingerprint density at radius 2 is 1.88 bits per heavy atom. The minimum absolute atomic E-state index is 0.368. The third-order valence-corrected chi connectivity index (χ3v) is 4.22. The zero-order valence-electron chi connectivity index (χ0n) is 13.5. The first-order chi connectivity index (χ1) is 12.0. The predicted octanol–water partition coefficient (Wildman–Crippen LogP) is 1.31. The predicted molar refractivity (Wildman–Crippen MR) is 93.5 cm³/mol. The molecule has 3 N–H and O–H groups in total. The van der Waals surface area contributed by atoms with Gasteiger partial charge in [0.1, 0.15) is 13.2 Å². The molecule has 8 nitrogen and oxygen atoms in total. The average molecular weight is 366 g/mol. The second-order valence-corrected chi connectivity index (χ2v) is 6.03. The SMILES string of the molecule is COC(=O)C1=C(Nc2ccccc2NC(=O)COCC(=O)O)CSC1. The molecule has 25 heavy (non-hydrogen) atoms. The Hall–Kier alpha value is -2.52. The molecular weight excluding hydrogens is 348 g/mol. The van der Waals surface area contributed by atoms with Gasteiger partial charge in [-0.2, -0.15) is 11.8 Å². The molecule has 1 heterocycles. The van der Waals surface area contributed by atoms with E-state index in [1.54, 1.807) is 36.0 Å². The number of methoxy groups -OCH3 is 1. The number of hydrogen-bond donors (Lipinski definition) is 3. The number of benzene rings is 1. The Morgan fingerprint density at radius 1 is 1.16 bits per heavy atom. The molecule has 0 aromatic heterocycles. The molecule has 1 aliphatic heterocycles. The number of nitrogens with one attached hydrogen (secondary N) is 2. The number of carbonyl (C=O) groups is 3. The Labute approximate surface area is 148 Å². The molecule has 0 atom stereocenters. The molecule has 0 unspecified atom stereocenters. The van der Waals surface area contributed by atoms with Crippen LogP contribution in [0.4, 0.5) is 11.4 Å². The summed E-state index contributed by atoms with van der Waals surface area (Å²) in [6.07, 6.45) is 0. The molecule has 1 aliphatic rings. The van der Waals surface area contributed by atoms with Gasteiger partial charge in [-0.3, -0.25) is 4.79 Å². The van der Waals surface area contributed by atoms with E-state index in [-0.39, 0.29) is 12.6 Å². The fourth-order valence-electron chi connectivity index (χ4n) is 2.13. The zero-order valence-corrected chi connectivity index (χ0v) is 14.4. The van der Waals surface area contributed by atoms with Crippen LogP contribution in [0, 0.1) is 0 Å². The molecule has 1 aromatic carbocycles. The maximum Gasteiger partial charge on any atom is 0.336 e. The van der Waals surface area contributed by atoms with Crippen molar-refractivity contribution in [2.24, 2.45) is 0 Å². The number of carboxylic acids is 1. The summed E-state index contributed by atoms with van der Waals surface area (Å²) in [5, 5.41) is 14.3. The van der Waals surface area contributed by atoms with E-state index >= 15 is 0 Å². The van der Waals surface area contributed by atoms with Crippen molar-refractivity contribution in [1.82, 2.24) is 0 Å². The zero-order chi connectivity index (χ0) is 18.2. The molecule has 9 heteroatoms. The van der Waals surface area contributed by atoms with E-state index in [9.17, 15) is 14.4 Å². The lowest BCUT2D eigenvalue weighted by atomic mass is 10.2. The first-order valence-electron chi connectivity index (χ1n) is 7.34. The van der Waals surface area contributed by atoms with E-state index in [4.69, 9.17) is 14.6 Å². The number of thioether (sulfide) groups is 1. The van der Waals surface area contributed by atoms with Crippen molar-refractivity contribution >= 4 is 41.0 Å². The van der Waals surface area contributed by atoms with Crippen LogP contribution in [0.1, 0.15) is 0 Å². The van der Waals surface area contributed by atoms with E-state index < -0.39 is 18.5 Å². The van der Waals surface area contributed by atoms with Gasteiger partial charge in [0.15, 0.2) is 0 Å². The summed E-state index contributed by atoms with van der Waals surface area (Å²) < 4.78 is 9.54. The maximum absolute atomic E-state index is 11.9. The number of ether oxygens (including phenoxy) is 2. The normalized spacial score (nSPS) is 13.5. The van der Waals surface area contributed by atoms with Crippen molar-refractivity contribution in [2.75, 3.05) is 42.5 Å². The van der Waals surface area contributed by atoms with E-state index in [0.29, 0.717) is 28.5 Å². The summed E-state index contributed by atoms with van der Waals surface area (Å²) in [5.74, 6) is -0.800. The molecule has 0 saturated carbocycles. The van der Waals surface area contributed by atoms with Crippen LogP contribution in [0.15, 0.2) is 35.5 Å². The van der Waals surface area contributed by atoms with Crippen LogP contribution in [0.2, 0.25) is 0 Å². The topological polar surface area (TPSA) is 114 Å². The van der Waals surface area contributed by atoms with Gasteiger partial charge >= 0.3 is 11.9 Å². The minimum atomic E-state index is -1.14. The van der Waals surface area contributed by atoms with Crippen molar-refractivity contribution in [2.45, 2.75) is 0 Å². The molecule has 1 amide bonds. The fraction of sp³-hybridized carbons (Fsp3) is 0.312. The van der Waals surface area contributed by atoms with Gasteiger partial charge < -0.3 is 25.2 Å². The first kappa shape index (κ1) is 18.8. The number of hydrogen-bond acceptors (Lipinski definition) is 7. The minimum Gasteiger partial charge on any atom is -0.480 e. The van der Waals surface area contributed by atoms with Gasteiger partial charge in [-0.1, -0.05) is 12.1 Å². The number of amides is 1. The number of carbonyl (C=O) groups excluding carboxylic acids is 2. The number of aliphatic carboxylic acids is 1. The summed E-state index contributed by atoms with van der Waals surface area (Å²) in [6.45, 7) is -0.910. The van der Waals surface area contributed by atoms with E-state index in [2.05, 4.69) is 10.6 Å². The van der Waals surface area contributed by atoms with Crippen LogP contribution < -0.4 is 10.6 Å². The Bertz CT molecular complexity index is 704. The van der Waals surface area contributed by atoms with Gasteiger partial charge in [-0.25, -0.2) is 9.59 Å². The number of esters is 1. The number of para-hydroxylation sites is 2. The van der Waals surface area contributed by atoms with Crippen LogP contribution >= 0.6 is 11.8 Å². The van der Waals surface area contributed by atoms with Crippen molar-refractivity contribution < 1.29 is 29.0 Å². The van der Waals surface area contributed by atoms with Gasteiger partial charge in [0.25, 0.3) is 0 Å². The standard InChI is InChI=1S/C16H18N2O6S/c1-23-16(22)10-8-25-9-13(10)17-11-4-2-3-5-12(11)18-14(19)6-24-7-15(20)21/h2-5,17H,6-9H2,1H3,(H,18,19)(H,20,21). The van der Waals surface area contributed by atoms with Crippen molar-refractivity contribution in [3.8, 4) is 0 Å². The van der Waals surface area contributed by atoms with Crippen molar-refractivity contribution in [3.05, 3.63) is 35.5 Å². The molecule has 134 valence electrons. The number of anilines is 2. The van der Waals surface area contributed by atoms with E-state index in [1.807, 2.05) is 0 Å². The first-order valence-corrected chi connectivity index (χ1v) is 8.50. The molecular formula is C16H18N2O6S. The summed E-state index contributed by atoms with van der Waals surface area (Å²) in [5.41, 5.74) is 2.42. The van der Waals surface area contributed by atoms with Crippen LogP contribution in [0.3, 0.4) is 0 Å². The van der Waals surface area contributed by atoms with Gasteiger partial charge in [0, 0.05) is 17.2 Å². The average Bonchev–Trinajstić information content (AvgIpc) is 3.03. The quantitative estimate of drug-likeness (QED) is 0.590. The summed E-state index contributed by atoms with van der Waals surface area (Å²) in [6, 6.07) is 6.99. The van der Waals surface area contributed by atoms with Crippen LogP contribution in [0.25, 0.3) is 0 Å². The van der Waals surface area contributed by atoms with Crippen LogP contribution in [0.5, 0.6) is 0 Å². The highest BCUT2D eigenvalue weighted by Gasteiger charge is 2.22. The third kappa shape index (κ3) is 5.50. The highest BCUT2D eigenvalue weighted by Crippen LogP contribution is 2.29. The van der Waals surface area contributed by atoms with Crippen LogP contribution in [-0.2, 0) is 23.9 Å². The Kier molecular flexibility index (Phi) is 6.84. The lowest BCUT2D eigenvalue weighted by molar-refractivity contribution is -0.143. The summed E-state index contributed by atoms with van der Waals surface area (Å²) in [7, 11) is 1.33. The van der Waals surface area contributed by atoms with Gasteiger partial charge in [0.2, 0.25) is 5.91 Å². The lowest BCUT2D eigenvalue weighted by Crippen LogP contribution is -2.21. The van der Waals surface area contributed by atoms with Crippen molar-refractivity contribution in [1.29, 1.82) is 0 Å². The molecule has 0 spiro atoms. The van der Waals surface area contributed by atoms with Gasteiger partial charge in [0.05, 0.1) is 24.1 Å². The fourth-order valence-corrected chi connectivity index (χ4v) is 3.18. The largest absolute Gasteiger partial charge is 0.480 e. The molecule has 0 saturated heterocycles.